The van der Waals surface area contributed by atoms with E-state index in [4.69, 9.17) is 16.6 Å². The molecule has 9 heteroatoms. The lowest BCUT2D eigenvalue weighted by atomic mass is 10.3. The number of oxazole rings is 1. The van der Waals surface area contributed by atoms with Crippen molar-refractivity contribution in [3.63, 3.8) is 0 Å². The van der Waals surface area contributed by atoms with Crippen LogP contribution in [0.25, 0.3) is 22.1 Å². The number of hydrogen-bond donors (Lipinski definition) is 3. The van der Waals surface area contributed by atoms with Crippen LogP contribution < -0.4 is 10.6 Å². The molecular weight excluding hydrogens is 362 g/mol. The van der Waals surface area contributed by atoms with Crippen molar-refractivity contribution in [3.05, 3.63) is 53.6 Å². The number of carbonyl (C=O) groups is 1. The van der Waals surface area contributed by atoms with Gasteiger partial charge in [-0.1, -0.05) is 0 Å². The van der Waals surface area contributed by atoms with E-state index in [2.05, 4.69) is 25.6 Å². The molecule has 3 heterocycles. The molecule has 25 heavy (non-hydrogen) atoms. The Morgan fingerprint density at radius 2 is 2.00 bits per heavy atom. The van der Waals surface area contributed by atoms with Gasteiger partial charge < -0.3 is 20.0 Å². The fraction of sp³-hybridized carbons (Fsp3) is 0. The number of amides is 2. The van der Waals surface area contributed by atoms with Gasteiger partial charge in [0.05, 0.1) is 16.7 Å². The highest BCUT2D eigenvalue weighted by Crippen LogP contribution is 2.21. The smallest absolute Gasteiger partial charge is 0.323 e. The summed E-state index contributed by atoms with van der Waals surface area (Å²) in [5, 5.41) is 5.53. The molecule has 0 saturated carbocycles. The summed E-state index contributed by atoms with van der Waals surface area (Å²) >= 11 is 4.94. The number of halogens is 1. The van der Waals surface area contributed by atoms with E-state index in [9.17, 15) is 4.79 Å². The van der Waals surface area contributed by atoms with E-state index in [1.54, 1.807) is 42.7 Å². The van der Waals surface area contributed by atoms with Crippen LogP contribution in [0.1, 0.15) is 0 Å². The van der Waals surface area contributed by atoms with Crippen LogP contribution in [-0.4, -0.2) is 21.0 Å². The molecule has 126 valence electrons. The average molecular weight is 374 g/mol. The summed E-state index contributed by atoms with van der Waals surface area (Å²) in [6.07, 6.45) is 3.27. The van der Waals surface area contributed by atoms with Crippen molar-refractivity contribution in [2.75, 3.05) is 10.6 Å². The van der Waals surface area contributed by atoms with Crippen molar-refractivity contribution in [1.29, 1.82) is 0 Å². The van der Waals surface area contributed by atoms with Crippen LogP contribution in [0.3, 0.4) is 0 Å². The first-order valence-electron chi connectivity index (χ1n) is 7.10. The second kappa shape index (κ2) is 6.88. The maximum absolute atomic E-state index is 12.2. The first-order chi connectivity index (χ1) is 11.7. The summed E-state index contributed by atoms with van der Waals surface area (Å²) in [5.74, 6) is 0. The summed E-state index contributed by atoms with van der Waals surface area (Å²) in [7, 11) is 0. The Bertz CT molecular complexity index is 1120. The number of H-pyrrole nitrogens is 1. The zero-order chi connectivity index (χ0) is 16.5. The van der Waals surface area contributed by atoms with E-state index in [-0.39, 0.29) is 18.4 Å². The van der Waals surface area contributed by atoms with Crippen molar-refractivity contribution in [3.8, 4) is 0 Å². The number of urea groups is 1. The van der Waals surface area contributed by atoms with Crippen LogP contribution in [0.2, 0.25) is 0 Å². The topological polar surface area (TPSA) is 95.8 Å². The molecule has 7 nitrogen and oxygen atoms in total. The first kappa shape index (κ1) is 16.9. The van der Waals surface area contributed by atoms with Crippen molar-refractivity contribution in [2.24, 2.45) is 0 Å². The van der Waals surface area contributed by atoms with E-state index >= 15 is 0 Å². The first-order valence-corrected chi connectivity index (χ1v) is 7.50. The number of aromatic nitrogens is 3. The van der Waals surface area contributed by atoms with Crippen molar-refractivity contribution in [2.45, 2.75) is 0 Å². The van der Waals surface area contributed by atoms with Crippen LogP contribution in [0.5, 0.6) is 0 Å². The molecule has 0 aliphatic carbocycles. The fourth-order valence-corrected chi connectivity index (χ4v) is 2.59. The maximum Gasteiger partial charge on any atom is 0.323 e. The Hall–Kier alpha value is -2.97. The van der Waals surface area contributed by atoms with Gasteiger partial charge in [0.2, 0.25) is 0 Å². The van der Waals surface area contributed by atoms with Gasteiger partial charge in [-0.3, -0.25) is 9.97 Å². The highest BCUT2D eigenvalue weighted by Gasteiger charge is 2.08. The lowest BCUT2D eigenvalue weighted by Gasteiger charge is -2.09. The van der Waals surface area contributed by atoms with Gasteiger partial charge in [-0.15, -0.1) is 12.4 Å². The van der Waals surface area contributed by atoms with Gasteiger partial charge in [0.25, 0.3) is 4.84 Å². The monoisotopic (exact) mass is 373 g/mol. The Morgan fingerprint density at radius 3 is 2.88 bits per heavy atom. The van der Waals surface area contributed by atoms with Gasteiger partial charge >= 0.3 is 6.03 Å². The Balaban J connectivity index is 0.00000182. The number of aromatic amines is 1. The molecule has 0 spiro atoms. The van der Waals surface area contributed by atoms with Gasteiger partial charge in [-0.25, -0.2) is 4.79 Å². The molecule has 0 aliphatic rings. The molecule has 0 saturated heterocycles. The van der Waals surface area contributed by atoms with Gasteiger partial charge in [-0.2, -0.15) is 0 Å². The Kier molecular flexibility index (Phi) is 4.64. The lowest BCUT2D eigenvalue weighted by Crippen LogP contribution is -2.19. The minimum atomic E-state index is -0.387. The number of benzene rings is 1. The number of carbonyl (C=O) groups excluding carboxylic acids is 1. The molecule has 3 aromatic heterocycles. The fourth-order valence-electron chi connectivity index (χ4n) is 2.39. The van der Waals surface area contributed by atoms with Crippen molar-refractivity contribution >= 4 is 64.2 Å². The highest BCUT2D eigenvalue weighted by molar-refractivity contribution is 7.71. The molecule has 0 atom stereocenters. The molecule has 0 aliphatic heterocycles. The molecule has 4 aromatic rings. The standard InChI is InChI=1S/C16H11N5O2S.ClH/c22-15(19-9-3-4-10-13(8-9)23-16(24)21-10)20-12-5-7-17-11-2-1-6-18-14(11)12;/h1-8H,(H,21,24)(H2,17,19,20,22);1H. The van der Waals surface area contributed by atoms with Gasteiger partial charge in [0, 0.05) is 24.1 Å². The minimum Gasteiger partial charge on any atom is -0.429 e. The predicted octanol–water partition coefficient (Wildman–Crippen LogP) is 4.50. The number of fused-ring (bicyclic) bond motifs is 2. The number of nitrogens with one attached hydrogen (secondary N) is 3. The minimum absolute atomic E-state index is 0. The molecule has 0 fully saturated rings. The summed E-state index contributed by atoms with van der Waals surface area (Å²) in [6, 6.07) is 10.2. The SMILES string of the molecule is Cl.O=C(Nc1ccc2[nH]c(=S)oc2c1)Nc1ccnc2cccnc12. The number of nitrogens with zero attached hydrogens (tertiary/aromatic N) is 2. The van der Waals surface area contributed by atoms with Crippen LogP contribution in [-0.2, 0) is 0 Å². The van der Waals surface area contributed by atoms with E-state index in [0.717, 1.165) is 5.52 Å². The third kappa shape index (κ3) is 3.44. The molecular formula is C16H12ClN5O2S. The van der Waals surface area contributed by atoms with Gasteiger partial charge in [0.1, 0.15) is 5.52 Å². The molecule has 0 radical (unpaired) electrons. The quantitative estimate of drug-likeness (QED) is 0.449. The number of rotatable bonds is 2. The molecule has 0 unspecified atom stereocenters. The second-order valence-electron chi connectivity index (χ2n) is 5.03. The number of hydrogen-bond acceptors (Lipinski definition) is 5. The summed E-state index contributed by atoms with van der Waals surface area (Å²) in [6.45, 7) is 0. The van der Waals surface area contributed by atoms with Crippen molar-refractivity contribution < 1.29 is 9.21 Å². The van der Waals surface area contributed by atoms with Crippen LogP contribution >= 0.6 is 24.6 Å². The van der Waals surface area contributed by atoms with E-state index in [1.807, 2.05) is 6.07 Å². The van der Waals surface area contributed by atoms with E-state index in [0.29, 0.717) is 32.8 Å². The van der Waals surface area contributed by atoms with Gasteiger partial charge in [-0.05, 0) is 42.5 Å². The van der Waals surface area contributed by atoms with E-state index < -0.39 is 0 Å². The van der Waals surface area contributed by atoms with Crippen molar-refractivity contribution in [1.82, 2.24) is 15.0 Å². The third-order valence-corrected chi connectivity index (χ3v) is 3.61. The number of pyridine rings is 2. The average Bonchev–Trinajstić information content (AvgIpc) is 2.94. The Morgan fingerprint density at radius 1 is 1.12 bits per heavy atom. The molecule has 0 bridgehead atoms. The maximum atomic E-state index is 12.2. The van der Waals surface area contributed by atoms with Gasteiger partial charge in [0.15, 0.2) is 5.58 Å². The lowest BCUT2D eigenvalue weighted by molar-refractivity contribution is 0.262. The zero-order valence-corrected chi connectivity index (χ0v) is 14.3. The third-order valence-electron chi connectivity index (χ3n) is 3.42. The zero-order valence-electron chi connectivity index (χ0n) is 12.6. The molecule has 3 N–H and O–H groups in total. The summed E-state index contributed by atoms with van der Waals surface area (Å²) in [5.41, 5.74) is 3.86. The second-order valence-corrected chi connectivity index (χ2v) is 5.41. The normalized spacial score (nSPS) is 10.4. The highest BCUT2D eigenvalue weighted by atomic mass is 35.5. The Labute approximate surface area is 152 Å². The predicted molar refractivity (Wildman–Crippen MR) is 101 cm³/mol. The molecule has 1 aromatic carbocycles. The van der Waals surface area contributed by atoms with Crippen LogP contribution in [0.15, 0.2) is 53.2 Å². The number of anilines is 2. The van der Waals surface area contributed by atoms with Crippen LogP contribution in [0.4, 0.5) is 16.2 Å². The largest absolute Gasteiger partial charge is 0.429 e. The molecule has 4 rings (SSSR count). The van der Waals surface area contributed by atoms with E-state index in [1.165, 1.54) is 0 Å². The van der Waals surface area contributed by atoms with Crippen LogP contribution in [0, 0.1) is 4.84 Å². The summed E-state index contributed by atoms with van der Waals surface area (Å²) < 4.78 is 5.34. The molecule has 2 amide bonds. The summed E-state index contributed by atoms with van der Waals surface area (Å²) in [4.78, 5) is 23.9.